The second-order valence-corrected chi connectivity index (χ2v) is 8.36. The Morgan fingerprint density at radius 2 is 1.71 bits per heavy atom. The molecule has 3 aromatic rings. The molecule has 0 atom stereocenters. The molecule has 0 saturated carbocycles. The average Bonchev–Trinajstić information content (AvgIpc) is 2.79. The molecular formula is C27H26N2O4S. The van der Waals surface area contributed by atoms with E-state index in [9.17, 15) is 9.59 Å². The number of nitrogens with zero attached hydrogens (tertiary/aromatic N) is 1. The zero-order valence-electron chi connectivity index (χ0n) is 19.6. The Bertz CT molecular complexity index is 1340. The van der Waals surface area contributed by atoms with Gasteiger partial charge in [0.2, 0.25) is 0 Å². The monoisotopic (exact) mass is 474 g/mol. The molecule has 1 heterocycles. The molecule has 0 unspecified atom stereocenters. The van der Waals surface area contributed by atoms with Gasteiger partial charge in [-0.05, 0) is 86.6 Å². The highest BCUT2D eigenvalue weighted by molar-refractivity contribution is 7.80. The summed E-state index contributed by atoms with van der Waals surface area (Å²) >= 11 is 5.37. The number of thiocarbonyl (C=S) groups is 1. The molecule has 1 fully saturated rings. The van der Waals surface area contributed by atoms with E-state index in [1.54, 1.807) is 6.08 Å². The van der Waals surface area contributed by atoms with E-state index < -0.39 is 11.8 Å². The molecular weight excluding hydrogens is 448 g/mol. The number of nitrogens with one attached hydrogen (secondary N) is 1. The van der Waals surface area contributed by atoms with Gasteiger partial charge in [-0.15, -0.1) is 0 Å². The van der Waals surface area contributed by atoms with Crippen LogP contribution in [0.2, 0.25) is 0 Å². The van der Waals surface area contributed by atoms with Crippen molar-refractivity contribution in [3.8, 4) is 11.5 Å². The third-order valence-corrected chi connectivity index (χ3v) is 5.87. The Morgan fingerprint density at radius 1 is 0.971 bits per heavy atom. The Morgan fingerprint density at radius 3 is 2.41 bits per heavy atom. The van der Waals surface area contributed by atoms with Gasteiger partial charge in [0.15, 0.2) is 5.11 Å². The number of aryl methyl sites for hydroxylation is 2. The van der Waals surface area contributed by atoms with E-state index >= 15 is 0 Å². The number of carbonyl (C=O) groups excluding carboxylic acids is 2. The topological polar surface area (TPSA) is 67.9 Å². The zero-order chi connectivity index (χ0) is 24.4. The quantitative estimate of drug-likeness (QED) is 0.306. The molecule has 1 aliphatic heterocycles. The highest BCUT2D eigenvalue weighted by Gasteiger charge is 2.35. The van der Waals surface area contributed by atoms with Crippen molar-refractivity contribution in [1.29, 1.82) is 0 Å². The summed E-state index contributed by atoms with van der Waals surface area (Å²) in [6.45, 7) is 8.65. The van der Waals surface area contributed by atoms with Gasteiger partial charge < -0.3 is 9.47 Å². The van der Waals surface area contributed by atoms with Gasteiger partial charge in [-0.2, -0.15) is 0 Å². The van der Waals surface area contributed by atoms with Crippen LogP contribution in [0.3, 0.4) is 0 Å². The standard InChI is InChI=1S/C27H26N2O4S/c1-5-32-19-10-8-18-9-12-24(33-6-2)21(20(18)14-19)15-22-25(30)28-27(34)29(26(22)31)23-11-7-16(3)13-17(23)4/h7-15H,5-6H2,1-4H3,(H,28,30,34)/b22-15+. The van der Waals surface area contributed by atoms with Crippen molar-refractivity contribution in [3.63, 3.8) is 0 Å². The molecule has 1 saturated heterocycles. The van der Waals surface area contributed by atoms with Crippen LogP contribution in [-0.2, 0) is 9.59 Å². The molecule has 0 aromatic heterocycles. The van der Waals surface area contributed by atoms with E-state index in [-0.39, 0.29) is 10.7 Å². The third-order valence-electron chi connectivity index (χ3n) is 5.59. The van der Waals surface area contributed by atoms with Gasteiger partial charge in [0.05, 0.1) is 18.9 Å². The van der Waals surface area contributed by atoms with Crippen LogP contribution in [0.15, 0.2) is 54.1 Å². The van der Waals surface area contributed by atoms with E-state index in [1.807, 2.05) is 76.2 Å². The molecule has 6 nitrogen and oxygen atoms in total. The summed E-state index contributed by atoms with van der Waals surface area (Å²) in [4.78, 5) is 27.9. The van der Waals surface area contributed by atoms with E-state index in [4.69, 9.17) is 21.7 Å². The first-order chi connectivity index (χ1) is 16.3. The number of anilines is 1. The van der Waals surface area contributed by atoms with E-state index in [0.29, 0.717) is 36.0 Å². The number of rotatable bonds is 6. The lowest BCUT2D eigenvalue weighted by molar-refractivity contribution is -0.122. The maximum absolute atomic E-state index is 13.6. The first-order valence-electron chi connectivity index (χ1n) is 11.1. The van der Waals surface area contributed by atoms with Gasteiger partial charge in [-0.3, -0.25) is 19.8 Å². The van der Waals surface area contributed by atoms with Gasteiger partial charge in [0, 0.05) is 5.56 Å². The van der Waals surface area contributed by atoms with Crippen LogP contribution in [0.5, 0.6) is 11.5 Å². The van der Waals surface area contributed by atoms with Crippen molar-refractivity contribution >= 4 is 51.7 Å². The van der Waals surface area contributed by atoms with Crippen LogP contribution in [0.4, 0.5) is 5.69 Å². The number of hydrogen-bond acceptors (Lipinski definition) is 5. The lowest BCUT2D eigenvalue weighted by Gasteiger charge is -2.30. The summed E-state index contributed by atoms with van der Waals surface area (Å²) in [6, 6.07) is 15.2. The van der Waals surface area contributed by atoms with Crippen LogP contribution < -0.4 is 19.7 Å². The molecule has 1 N–H and O–H groups in total. The number of fused-ring (bicyclic) bond motifs is 1. The second kappa shape index (κ2) is 9.65. The lowest BCUT2D eigenvalue weighted by Crippen LogP contribution is -2.54. The summed E-state index contributed by atoms with van der Waals surface area (Å²) in [7, 11) is 0. The molecule has 0 aliphatic carbocycles. The summed E-state index contributed by atoms with van der Waals surface area (Å²) < 4.78 is 11.5. The van der Waals surface area contributed by atoms with Crippen LogP contribution in [0.25, 0.3) is 16.8 Å². The van der Waals surface area contributed by atoms with Crippen molar-refractivity contribution in [3.05, 3.63) is 70.8 Å². The molecule has 4 rings (SSSR count). The number of hydrogen-bond donors (Lipinski definition) is 1. The van der Waals surface area contributed by atoms with Crippen LogP contribution in [0, 0.1) is 13.8 Å². The van der Waals surface area contributed by atoms with Crippen molar-refractivity contribution in [1.82, 2.24) is 5.32 Å². The normalized spacial score (nSPS) is 15.1. The largest absolute Gasteiger partial charge is 0.494 e. The predicted octanol–water partition coefficient (Wildman–Crippen LogP) is 5.09. The summed E-state index contributed by atoms with van der Waals surface area (Å²) in [5.74, 6) is 0.237. The fraction of sp³-hybridized carbons (Fsp3) is 0.222. The maximum Gasteiger partial charge on any atom is 0.270 e. The minimum absolute atomic E-state index is 0.0242. The van der Waals surface area contributed by atoms with Crippen molar-refractivity contribution < 1.29 is 19.1 Å². The number of ether oxygens (including phenoxy) is 2. The summed E-state index contributed by atoms with van der Waals surface area (Å²) in [6.07, 6.45) is 1.58. The smallest absolute Gasteiger partial charge is 0.270 e. The van der Waals surface area contributed by atoms with E-state index in [1.165, 1.54) is 4.90 Å². The lowest BCUT2D eigenvalue weighted by atomic mass is 9.99. The van der Waals surface area contributed by atoms with Crippen LogP contribution in [0.1, 0.15) is 30.5 Å². The Kier molecular flexibility index (Phi) is 6.65. The molecule has 7 heteroatoms. The molecule has 174 valence electrons. The van der Waals surface area contributed by atoms with Crippen molar-refractivity contribution in [2.24, 2.45) is 0 Å². The van der Waals surface area contributed by atoms with Crippen molar-refractivity contribution in [2.75, 3.05) is 18.1 Å². The maximum atomic E-state index is 13.6. The highest BCUT2D eigenvalue weighted by Crippen LogP contribution is 2.34. The van der Waals surface area contributed by atoms with Gasteiger partial charge in [-0.25, -0.2) is 0 Å². The minimum atomic E-state index is -0.545. The Labute approximate surface area is 204 Å². The van der Waals surface area contributed by atoms with E-state index in [0.717, 1.165) is 21.9 Å². The fourth-order valence-electron chi connectivity index (χ4n) is 4.07. The van der Waals surface area contributed by atoms with Crippen molar-refractivity contribution in [2.45, 2.75) is 27.7 Å². The predicted molar refractivity (Wildman–Crippen MR) is 138 cm³/mol. The zero-order valence-corrected chi connectivity index (χ0v) is 20.4. The van der Waals surface area contributed by atoms with Gasteiger partial charge in [0.1, 0.15) is 17.1 Å². The van der Waals surface area contributed by atoms with Gasteiger partial charge in [0.25, 0.3) is 11.8 Å². The second-order valence-electron chi connectivity index (χ2n) is 7.97. The van der Waals surface area contributed by atoms with Gasteiger partial charge in [-0.1, -0.05) is 29.8 Å². The summed E-state index contributed by atoms with van der Waals surface area (Å²) in [5.41, 5.74) is 3.19. The molecule has 34 heavy (non-hydrogen) atoms. The fourth-order valence-corrected chi connectivity index (χ4v) is 4.34. The molecule has 3 aromatic carbocycles. The summed E-state index contributed by atoms with van der Waals surface area (Å²) in [5, 5.41) is 4.47. The van der Waals surface area contributed by atoms with Gasteiger partial charge >= 0.3 is 0 Å². The molecule has 0 spiro atoms. The molecule has 1 aliphatic rings. The number of carbonyl (C=O) groups is 2. The van der Waals surface area contributed by atoms with E-state index in [2.05, 4.69) is 5.32 Å². The number of benzene rings is 3. The molecule has 0 bridgehead atoms. The molecule has 2 amide bonds. The minimum Gasteiger partial charge on any atom is -0.494 e. The Balaban J connectivity index is 1.89. The third kappa shape index (κ3) is 4.39. The first-order valence-corrected chi connectivity index (χ1v) is 11.6. The number of amides is 2. The first kappa shape index (κ1) is 23.4. The molecule has 0 radical (unpaired) electrons. The highest BCUT2D eigenvalue weighted by atomic mass is 32.1. The Hall–Kier alpha value is -3.71. The van der Waals surface area contributed by atoms with Crippen LogP contribution >= 0.6 is 12.2 Å². The average molecular weight is 475 g/mol. The van der Waals surface area contributed by atoms with Crippen LogP contribution in [-0.4, -0.2) is 30.1 Å². The SMILES string of the molecule is CCOc1ccc2ccc(OCC)c(/C=C3\C(=O)NC(=S)N(c4ccc(C)cc4C)C3=O)c2c1.